The summed E-state index contributed by atoms with van der Waals surface area (Å²) >= 11 is 3.45. The molecule has 0 aliphatic carbocycles. The van der Waals surface area contributed by atoms with E-state index in [1.54, 1.807) is 22.7 Å². The molecular formula is C19H16N4S2. The molecule has 25 heavy (non-hydrogen) atoms. The van der Waals surface area contributed by atoms with Gasteiger partial charge in [0.25, 0.3) is 0 Å². The van der Waals surface area contributed by atoms with Crippen molar-refractivity contribution in [1.82, 2.24) is 15.0 Å². The molecule has 4 nitrogen and oxygen atoms in total. The number of hydrogen-bond acceptors (Lipinski definition) is 6. The van der Waals surface area contributed by atoms with Gasteiger partial charge in [-0.1, -0.05) is 17.4 Å². The van der Waals surface area contributed by atoms with Crippen LogP contribution in [-0.4, -0.2) is 21.5 Å². The molecule has 3 aromatic heterocycles. The molecule has 0 radical (unpaired) electrons. The van der Waals surface area contributed by atoms with Gasteiger partial charge < -0.3 is 4.90 Å². The average Bonchev–Trinajstić information content (AvgIpc) is 3.40. The maximum absolute atomic E-state index is 4.90. The first-order valence-corrected chi connectivity index (χ1v) is 10.1. The third-order valence-electron chi connectivity index (χ3n) is 4.68. The lowest BCUT2D eigenvalue weighted by atomic mass is 10.1. The van der Waals surface area contributed by atoms with Gasteiger partial charge in [-0.25, -0.2) is 9.97 Å². The smallest absolute Gasteiger partial charge is 0.187 e. The van der Waals surface area contributed by atoms with Gasteiger partial charge >= 0.3 is 0 Å². The van der Waals surface area contributed by atoms with Crippen molar-refractivity contribution in [3.63, 3.8) is 0 Å². The van der Waals surface area contributed by atoms with E-state index in [1.807, 2.05) is 30.0 Å². The minimum absolute atomic E-state index is 0.367. The SMILES string of the molecule is c1cc(-c2ccc3nc(N4CCCC4c4cscn4)sc3c2)ccn1. The highest BCUT2D eigenvalue weighted by Gasteiger charge is 2.29. The fraction of sp³-hybridized carbons (Fsp3) is 0.211. The molecule has 1 fully saturated rings. The Labute approximate surface area is 153 Å². The van der Waals surface area contributed by atoms with Crippen molar-refractivity contribution in [2.24, 2.45) is 0 Å². The molecule has 1 aliphatic heterocycles. The minimum Gasteiger partial charge on any atom is -0.339 e. The van der Waals surface area contributed by atoms with Crippen LogP contribution in [0.3, 0.4) is 0 Å². The molecule has 124 valence electrons. The third-order valence-corrected chi connectivity index (χ3v) is 6.34. The lowest BCUT2D eigenvalue weighted by Crippen LogP contribution is -2.22. The fourth-order valence-electron chi connectivity index (χ4n) is 3.45. The molecule has 4 aromatic rings. The van der Waals surface area contributed by atoms with Gasteiger partial charge in [0, 0.05) is 24.3 Å². The number of benzene rings is 1. The summed E-state index contributed by atoms with van der Waals surface area (Å²) in [6, 6.07) is 11.0. The first kappa shape index (κ1) is 15.0. The predicted molar refractivity (Wildman–Crippen MR) is 104 cm³/mol. The van der Waals surface area contributed by atoms with E-state index < -0.39 is 0 Å². The Morgan fingerprint density at radius 2 is 2.00 bits per heavy atom. The summed E-state index contributed by atoms with van der Waals surface area (Å²) in [4.78, 5) is 16.0. The lowest BCUT2D eigenvalue weighted by molar-refractivity contribution is 0.699. The summed E-state index contributed by atoms with van der Waals surface area (Å²) in [5, 5.41) is 3.27. The number of aromatic nitrogens is 3. The molecule has 1 unspecified atom stereocenters. The quantitative estimate of drug-likeness (QED) is 0.504. The minimum atomic E-state index is 0.367. The Kier molecular flexibility index (Phi) is 3.72. The predicted octanol–water partition coefficient (Wildman–Crippen LogP) is 5.16. The monoisotopic (exact) mass is 364 g/mol. The topological polar surface area (TPSA) is 41.9 Å². The van der Waals surface area contributed by atoms with Crippen LogP contribution in [0.5, 0.6) is 0 Å². The zero-order valence-corrected chi connectivity index (χ0v) is 15.1. The molecule has 5 rings (SSSR count). The highest BCUT2D eigenvalue weighted by atomic mass is 32.1. The first-order chi connectivity index (χ1) is 12.4. The zero-order valence-electron chi connectivity index (χ0n) is 13.5. The normalized spacial score (nSPS) is 17.4. The van der Waals surface area contributed by atoms with Crippen molar-refractivity contribution < 1.29 is 0 Å². The second-order valence-electron chi connectivity index (χ2n) is 6.18. The summed E-state index contributed by atoms with van der Waals surface area (Å²) in [5.74, 6) is 0. The number of thiazole rings is 2. The van der Waals surface area contributed by atoms with Crippen LogP contribution < -0.4 is 4.90 Å². The van der Waals surface area contributed by atoms with Gasteiger partial charge in [0.15, 0.2) is 5.13 Å². The van der Waals surface area contributed by atoms with E-state index in [0.717, 1.165) is 23.6 Å². The maximum atomic E-state index is 4.90. The molecule has 4 heterocycles. The van der Waals surface area contributed by atoms with Crippen LogP contribution in [-0.2, 0) is 0 Å². The molecule has 0 N–H and O–H groups in total. The van der Waals surface area contributed by atoms with E-state index in [-0.39, 0.29) is 0 Å². The van der Waals surface area contributed by atoms with Crippen LogP contribution in [0, 0.1) is 0 Å². The van der Waals surface area contributed by atoms with E-state index in [1.165, 1.54) is 27.9 Å². The Morgan fingerprint density at radius 1 is 1.08 bits per heavy atom. The van der Waals surface area contributed by atoms with E-state index in [2.05, 4.69) is 38.4 Å². The van der Waals surface area contributed by atoms with Crippen LogP contribution in [0.25, 0.3) is 21.3 Å². The van der Waals surface area contributed by atoms with Crippen molar-refractivity contribution in [2.75, 3.05) is 11.4 Å². The summed E-state index contributed by atoms with van der Waals surface area (Å²) in [6.07, 6.45) is 6.02. The van der Waals surface area contributed by atoms with Gasteiger partial charge in [0.1, 0.15) is 0 Å². The number of nitrogens with zero attached hydrogens (tertiary/aromatic N) is 4. The van der Waals surface area contributed by atoms with E-state index in [4.69, 9.17) is 4.98 Å². The van der Waals surface area contributed by atoms with Gasteiger partial charge in [-0.15, -0.1) is 11.3 Å². The van der Waals surface area contributed by atoms with Crippen LogP contribution in [0.2, 0.25) is 0 Å². The van der Waals surface area contributed by atoms with Crippen LogP contribution in [0.1, 0.15) is 24.6 Å². The van der Waals surface area contributed by atoms with Crippen molar-refractivity contribution in [3.8, 4) is 11.1 Å². The summed E-state index contributed by atoms with van der Waals surface area (Å²) < 4.78 is 1.23. The van der Waals surface area contributed by atoms with E-state index in [0.29, 0.717) is 6.04 Å². The van der Waals surface area contributed by atoms with Crippen molar-refractivity contribution in [3.05, 3.63) is 59.3 Å². The van der Waals surface area contributed by atoms with Gasteiger partial charge in [-0.2, -0.15) is 0 Å². The molecule has 1 aromatic carbocycles. The molecule has 1 saturated heterocycles. The van der Waals surface area contributed by atoms with Crippen LogP contribution >= 0.6 is 22.7 Å². The number of rotatable bonds is 3. The van der Waals surface area contributed by atoms with E-state index >= 15 is 0 Å². The molecule has 1 aliphatic rings. The molecule has 0 saturated carbocycles. The van der Waals surface area contributed by atoms with Gasteiger partial charge in [-0.3, -0.25) is 4.98 Å². The molecule has 0 bridgehead atoms. The highest BCUT2D eigenvalue weighted by Crippen LogP contribution is 2.40. The largest absolute Gasteiger partial charge is 0.339 e. The Hall–Kier alpha value is -2.31. The average molecular weight is 364 g/mol. The summed E-state index contributed by atoms with van der Waals surface area (Å²) in [6.45, 7) is 1.05. The maximum Gasteiger partial charge on any atom is 0.187 e. The van der Waals surface area contributed by atoms with Crippen LogP contribution in [0.4, 0.5) is 5.13 Å². The standard InChI is InChI=1S/C19H16N4S2/c1-2-17(16-11-24-12-21-16)23(9-1)19-22-15-4-3-14(10-18(15)25-19)13-5-7-20-8-6-13/h3-8,10-12,17H,1-2,9H2. The van der Waals surface area contributed by atoms with Crippen LogP contribution in [0.15, 0.2) is 53.6 Å². The van der Waals surface area contributed by atoms with Crippen molar-refractivity contribution >= 4 is 38.0 Å². The number of pyridine rings is 1. The summed E-state index contributed by atoms with van der Waals surface area (Å²) in [7, 11) is 0. The lowest BCUT2D eigenvalue weighted by Gasteiger charge is -2.22. The van der Waals surface area contributed by atoms with Gasteiger partial charge in [0.05, 0.1) is 27.5 Å². The third kappa shape index (κ3) is 2.71. The highest BCUT2D eigenvalue weighted by molar-refractivity contribution is 7.22. The van der Waals surface area contributed by atoms with Crippen molar-refractivity contribution in [1.29, 1.82) is 0 Å². The summed E-state index contributed by atoms with van der Waals surface area (Å²) in [5.41, 5.74) is 6.57. The molecule has 0 spiro atoms. The second-order valence-corrected chi connectivity index (χ2v) is 7.91. The first-order valence-electron chi connectivity index (χ1n) is 8.34. The second kappa shape index (κ2) is 6.20. The molecular weight excluding hydrogens is 348 g/mol. The number of fused-ring (bicyclic) bond motifs is 1. The van der Waals surface area contributed by atoms with Gasteiger partial charge in [-0.05, 0) is 48.2 Å². The molecule has 1 atom stereocenters. The van der Waals surface area contributed by atoms with Crippen molar-refractivity contribution in [2.45, 2.75) is 18.9 Å². The van der Waals surface area contributed by atoms with E-state index in [9.17, 15) is 0 Å². The molecule has 0 amide bonds. The molecule has 6 heteroatoms. The number of anilines is 1. The number of hydrogen-bond donors (Lipinski definition) is 0. The Morgan fingerprint density at radius 3 is 2.84 bits per heavy atom. The van der Waals surface area contributed by atoms with Gasteiger partial charge in [0.2, 0.25) is 0 Å². The Bertz CT molecular complexity index is 995. The fourth-order valence-corrected chi connectivity index (χ4v) is 5.13. The zero-order chi connectivity index (χ0) is 16.6. The Balaban J connectivity index is 1.52.